The number of nitrogens with one attached hydrogen (secondary N) is 1. The van der Waals surface area contributed by atoms with Crippen LogP contribution >= 0.6 is 11.6 Å². The summed E-state index contributed by atoms with van der Waals surface area (Å²) in [6.45, 7) is 14.0. The molecule has 2 aromatic rings. The van der Waals surface area contributed by atoms with Gasteiger partial charge in [-0.25, -0.2) is 4.79 Å². The molecular formula is C25H34ClN7O. The molecule has 2 aliphatic heterocycles. The monoisotopic (exact) mass is 483 g/mol. The Bertz CT molecular complexity index is 1030. The molecule has 1 aliphatic carbocycles. The van der Waals surface area contributed by atoms with Crippen LogP contribution in [-0.4, -0.2) is 88.9 Å². The Balaban J connectivity index is 1.17. The quantitative estimate of drug-likeness (QED) is 0.678. The van der Waals surface area contributed by atoms with Crippen LogP contribution in [0, 0.1) is 0 Å². The van der Waals surface area contributed by atoms with Gasteiger partial charge in [0.15, 0.2) is 5.82 Å². The summed E-state index contributed by atoms with van der Waals surface area (Å²) in [6, 6.07) is 8.82. The molecule has 1 N–H and O–H groups in total. The van der Waals surface area contributed by atoms with Crippen LogP contribution in [-0.2, 0) is 6.54 Å². The Labute approximate surface area is 206 Å². The first-order valence-corrected chi connectivity index (χ1v) is 12.6. The minimum absolute atomic E-state index is 0.0878. The smallest absolute Gasteiger partial charge is 0.344 e. The zero-order valence-electron chi connectivity index (χ0n) is 19.9. The molecule has 3 aliphatic rings. The second-order valence-corrected chi connectivity index (χ2v) is 10.1. The Morgan fingerprint density at radius 3 is 2.50 bits per heavy atom. The van der Waals surface area contributed by atoms with E-state index in [2.05, 4.69) is 43.8 Å². The van der Waals surface area contributed by atoms with E-state index in [0.29, 0.717) is 18.9 Å². The van der Waals surface area contributed by atoms with Gasteiger partial charge in [-0.15, -0.1) is 5.10 Å². The maximum atomic E-state index is 12.9. The number of hydrogen-bond acceptors (Lipinski definition) is 6. The van der Waals surface area contributed by atoms with Gasteiger partial charge in [-0.3, -0.25) is 9.80 Å². The predicted octanol–water partition coefficient (Wildman–Crippen LogP) is 3.55. The number of allylic oxidation sites excluding steroid dienone is 1. The van der Waals surface area contributed by atoms with Crippen molar-refractivity contribution < 1.29 is 4.79 Å². The largest absolute Gasteiger partial charge is 0.369 e. The molecule has 2 saturated heterocycles. The van der Waals surface area contributed by atoms with Crippen molar-refractivity contribution in [3.63, 3.8) is 0 Å². The zero-order valence-corrected chi connectivity index (χ0v) is 20.7. The highest BCUT2D eigenvalue weighted by Crippen LogP contribution is 2.31. The molecule has 182 valence electrons. The lowest BCUT2D eigenvalue weighted by atomic mass is 10.1. The normalized spacial score (nSPS) is 19.9. The highest BCUT2D eigenvalue weighted by Gasteiger charge is 2.32. The van der Waals surface area contributed by atoms with E-state index in [1.807, 2.05) is 17.9 Å². The zero-order chi connectivity index (χ0) is 23.7. The molecular weight excluding hydrogens is 450 g/mol. The van der Waals surface area contributed by atoms with Gasteiger partial charge in [0, 0.05) is 93.6 Å². The number of hydrogen-bond donors (Lipinski definition) is 1. The number of benzene rings is 1. The van der Waals surface area contributed by atoms with Crippen LogP contribution in [0.4, 0.5) is 16.3 Å². The number of nitrogens with zero attached hydrogens (tertiary/aromatic N) is 6. The highest BCUT2D eigenvalue weighted by atomic mass is 35.5. The predicted molar refractivity (Wildman–Crippen MR) is 137 cm³/mol. The SMILES string of the molecule is C=C(C)Nc1ccn(C(=O)N2CCN(Cc3ccc(Cl)cc3N3CCN(C4CC4)CC3)CC2)n1. The second-order valence-electron chi connectivity index (χ2n) is 9.62. The van der Waals surface area contributed by atoms with Crippen molar-refractivity contribution in [2.75, 3.05) is 62.6 Å². The lowest BCUT2D eigenvalue weighted by molar-refractivity contribution is 0.134. The molecule has 34 heavy (non-hydrogen) atoms. The Kier molecular flexibility index (Phi) is 6.81. The summed E-state index contributed by atoms with van der Waals surface area (Å²) in [4.78, 5) is 22.3. The van der Waals surface area contributed by atoms with Gasteiger partial charge in [0.2, 0.25) is 0 Å². The minimum Gasteiger partial charge on any atom is -0.369 e. The van der Waals surface area contributed by atoms with Crippen LogP contribution in [0.25, 0.3) is 0 Å². The standard InChI is InChI=1S/C25H34ClN7O/c1-19(2)27-24-7-8-33(28-24)25(34)32-11-9-29(10-12-32)18-20-3-4-21(26)17-23(20)31-15-13-30(14-16-31)22-5-6-22/h3-4,7-8,17,22H,1,5-6,9-16,18H2,2H3,(H,27,28). The van der Waals surface area contributed by atoms with E-state index in [1.54, 1.807) is 12.3 Å². The van der Waals surface area contributed by atoms with Gasteiger partial charge in [-0.1, -0.05) is 24.2 Å². The number of carbonyl (C=O) groups is 1. The van der Waals surface area contributed by atoms with Crippen LogP contribution in [0.1, 0.15) is 25.3 Å². The topological polar surface area (TPSA) is 59.9 Å². The van der Waals surface area contributed by atoms with Crippen LogP contribution in [0.3, 0.4) is 0 Å². The van der Waals surface area contributed by atoms with Gasteiger partial charge in [-0.2, -0.15) is 4.68 Å². The first kappa shape index (κ1) is 23.2. The molecule has 5 rings (SSSR count). The van der Waals surface area contributed by atoms with Crippen molar-refractivity contribution in [3.05, 3.63) is 53.3 Å². The van der Waals surface area contributed by atoms with Gasteiger partial charge in [0.25, 0.3) is 0 Å². The van der Waals surface area contributed by atoms with E-state index in [9.17, 15) is 4.79 Å². The Morgan fingerprint density at radius 1 is 1.09 bits per heavy atom. The third kappa shape index (κ3) is 5.40. The number of carbonyl (C=O) groups excluding carboxylic acids is 1. The molecule has 3 heterocycles. The molecule has 9 heteroatoms. The molecule has 1 aromatic carbocycles. The third-order valence-electron chi connectivity index (χ3n) is 6.93. The molecule has 0 radical (unpaired) electrons. The van der Waals surface area contributed by atoms with E-state index in [0.717, 1.165) is 62.6 Å². The Hall–Kier alpha value is -2.55. The number of anilines is 2. The van der Waals surface area contributed by atoms with Crippen molar-refractivity contribution in [1.29, 1.82) is 0 Å². The summed E-state index contributed by atoms with van der Waals surface area (Å²) < 4.78 is 1.40. The molecule has 1 aromatic heterocycles. The first-order chi connectivity index (χ1) is 16.5. The van der Waals surface area contributed by atoms with Gasteiger partial charge >= 0.3 is 6.03 Å². The van der Waals surface area contributed by atoms with Gasteiger partial charge in [0.05, 0.1) is 0 Å². The van der Waals surface area contributed by atoms with Crippen molar-refractivity contribution in [2.24, 2.45) is 0 Å². The number of halogens is 1. The Morgan fingerprint density at radius 2 is 1.82 bits per heavy atom. The molecule has 0 bridgehead atoms. The molecule has 0 spiro atoms. The molecule has 1 amide bonds. The van der Waals surface area contributed by atoms with Crippen molar-refractivity contribution in [2.45, 2.75) is 32.4 Å². The first-order valence-electron chi connectivity index (χ1n) is 12.2. The van der Waals surface area contributed by atoms with Crippen molar-refractivity contribution in [1.82, 2.24) is 24.5 Å². The van der Waals surface area contributed by atoms with Crippen molar-refractivity contribution >= 4 is 29.1 Å². The average molecular weight is 484 g/mol. The summed E-state index contributed by atoms with van der Waals surface area (Å²) in [5.74, 6) is 0.632. The summed E-state index contributed by atoms with van der Waals surface area (Å²) in [7, 11) is 0. The molecule has 3 fully saturated rings. The number of piperazine rings is 2. The van der Waals surface area contributed by atoms with Crippen molar-refractivity contribution in [3.8, 4) is 0 Å². The van der Waals surface area contributed by atoms with Crippen LogP contribution in [0.15, 0.2) is 42.7 Å². The van der Waals surface area contributed by atoms with Crippen LogP contribution < -0.4 is 10.2 Å². The summed E-state index contributed by atoms with van der Waals surface area (Å²) in [5, 5.41) is 8.16. The summed E-state index contributed by atoms with van der Waals surface area (Å²) in [6.07, 6.45) is 4.43. The lowest BCUT2D eigenvalue weighted by Crippen LogP contribution is -2.50. The van der Waals surface area contributed by atoms with E-state index >= 15 is 0 Å². The number of rotatable bonds is 6. The summed E-state index contributed by atoms with van der Waals surface area (Å²) in [5.41, 5.74) is 3.36. The van der Waals surface area contributed by atoms with E-state index in [-0.39, 0.29) is 6.03 Å². The van der Waals surface area contributed by atoms with Gasteiger partial charge in [-0.05, 0) is 37.5 Å². The lowest BCUT2D eigenvalue weighted by Gasteiger charge is -2.38. The fourth-order valence-corrected chi connectivity index (χ4v) is 5.10. The highest BCUT2D eigenvalue weighted by molar-refractivity contribution is 6.30. The fraction of sp³-hybridized carbons (Fsp3) is 0.520. The van der Waals surface area contributed by atoms with E-state index in [1.165, 1.54) is 28.8 Å². The molecule has 1 saturated carbocycles. The van der Waals surface area contributed by atoms with Gasteiger partial charge in [0.1, 0.15) is 0 Å². The maximum Gasteiger partial charge on any atom is 0.344 e. The molecule has 8 nitrogen and oxygen atoms in total. The van der Waals surface area contributed by atoms with Crippen LogP contribution in [0.5, 0.6) is 0 Å². The minimum atomic E-state index is -0.0878. The number of amides is 1. The fourth-order valence-electron chi connectivity index (χ4n) is 4.93. The third-order valence-corrected chi connectivity index (χ3v) is 7.16. The second kappa shape index (κ2) is 9.98. The average Bonchev–Trinajstić information content (AvgIpc) is 3.59. The maximum absolute atomic E-state index is 12.9. The molecule has 0 unspecified atom stereocenters. The van der Waals surface area contributed by atoms with E-state index < -0.39 is 0 Å². The summed E-state index contributed by atoms with van der Waals surface area (Å²) >= 11 is 6.40. The van der Waals surface area contributed by atoms with E-state index in [4.69, 9.17) is 11.6 Å². The van der Waals surface area contributed by atoms with Gasteiger partial charge < -0.3 is 15.1 Å². The molecule has 0 atom stereocenters. The van der Waals surface area contributed by atoms with Crippen LogP contribution in [0.2, 0.25) is 5.02 Å². The number of aromatic nitrogens is 2.